The number of halogens is 2. The van der Waals surface area contributed by atoms with Crippen LogP contribution >= 0.6 is 23.2 Å². The number of hydrogen-bond donors (Lipinski definition) is 3. The largest absolute Gasteiger partial charge is 0.460 e. The molecule has 0 unspecified atom stereocenters. The van der Waals surface area contributed by atoms with Crippen LogP contribution in [0, 0.1) is 5.92 Å². The molecule has 3 N–H and O–H groups in total. The van der Waals surface area contributed by atoms with E-state index in [1.165, 1.54) is 0 Å². The van der Waals surface area contributed by atoms with E-state index >= 15 is 0 Å². The van der Waals surface area contributed by atoms with Crippen molar-refractivity contribution in [3.8, 4) is 16.9 Å². The number of urea groups is 1. The van der Waals surface area contributed by atoms with Gasteiger partial charge in [-0.25, -0.2) is 14.8 Å². The molecule has 2 aliphatic rings. The second kappa shape index (κ2) is 16.8. The second-order valence-corrected chi connectivity index (χ2v) is 12.1. The molecule has 10 nitrogen and oxygen atoms in total. The maximum Gasteiger partial charge on any atom is 0.314 e. The van der Waals surface area contributed by atoms with Crippen LogP contribution in [-0.2, 0) is 6.54 Å². The number of benzene rings is 2. The number of hydrogen-bond acceptors (Lipinski definition) is 6. The molecule has 2 aromatic rings. The zero-order valence-corrected chi connectivity index (χ0v) is 27.1. The number of amides is 2. The van der Waals surface area contributed by atoms with Gasteiger partial charge in [-0.15, -0.1) is 0 Å². The number of likely N-dealkylation sites (tertiary alicyclic amines) is 1. The van der Waals surface area contributed by atoms with Crippen molar-refractivity contribution in [3.05, 3.63) is 64.0 Å². The van der Waals surface area contributed by atoms with E-state index < -0.39 is 0 Å². The van der Waals surface area contributed by atoms with E-state index in [1.807, 2.05) is 25.1 Å². The molecule has 12 heteroatoms. The number of allylic oxidation sites excluding steroid dienone is 1. The first-order valence-electron chi connectivity index (χ1n) is 15.0. The third kappa shape index (κ3) is 10.2. The Morgan fingerprint density at radius 2 is 1.70 bits per heavy atom. The van der Waals surface area contributed by atoms with E-state index in [1.54, 1.807) is 19.3 Å². The number of ether oxygens (including phenoxy) is 1. The maximum absolute atomic E-state index is 11.6. The van der Waals surface area contributed by atoms with Crippen molar-refractivity contribution in [2.75, 3.05) is 66.0 Å². The third-order valence-electron chi connectivity index (χ3n) is 7.91. The van der Waals surface area contributed by atoms with Crippen molar-refractivity contribution in [1.82, 2.24) is 25.3 Å². The average Bonchev–Trinajstić information content (AvgIpc) is 3.01. The van der Waals surface area contributed by atoms with Crippen LogP contribution in [0.2, 0.25) is 10.0 Å². The first-order chi connectivity index (χ1) is 21.3. The number of nitrogens with zero attached hydrogens (tertiary/aromatic N) is 5. The number of aliphatic hydroxyl groups excluding tert-OH is 1. The number of aliphatic hydroxyl groups is 1. The summed E-state index contributed by atoms with van der Waals surface area (Å²) >= 11 is 12.7. The van der Waals surface area contributed by atoms with Gasteiger partial charge in [0.05, 0.1) is 12.8 Å². The molecule has 2 fully saturated rings. The molecule has 44 heavy (non-hydrogen) atoms. The minimum atomic E-state index is -0.137. The molecule has 0 radical (unpaired) electrons. The lowest BCUT2D eigenvalue weighted by atomic mass is 9.96. The highest BCUT2D eigenvalue weighted by molar-refractivity contribution is 6.35. The van der Waals surface area contributed by atoms with Gasteiger partial charge >= 0.3 is 6.03 Å². The first-order valence-corrected chi connectivity index (χ1v) is 15.8. The van der Waals surface area contributed by atoms with Crippen LogP contribution in [0.4, 0.5) is 4.79 Å². The summed E-state index contributed by atoms with van der Waals surface area (Å²) in [6.45, 7) is 13.0. The molecule has 0 aliphatic carbocycles. The standard InChI is InChI=1S/C32H43Cl2N7O3/c1-23(20-37-31(35-2)41-10-8-39(9-11-41)12-13-42)44-30-15-25(14-26(18-30)27-16-28(33)19-29(34)17-27)22-40-6-4-24(5-7-40)21-38-32(43)36-3/h14-20,24,42H,2,4-13,21-22H2,1,3H3,(H2,36,38,43)/b23-20+,37-31+. The number of nitrogens with one attached hydrogen (secondary N) is 2. The summed E-state index contributed by atoms with van der Waals surface area (Å²) in [4.78, 5) is 27.0. The van der Waals surface area contributed by atoms with Crippen molar-refractivity contribution in [2.24, 2.45) is 15.9 Å². The lowest BCUT2D eigenvalue weighted by Crippen LogP contribution is -2.48. The van der Waals surface area contributed by atoms with Gasteiger partial charge in [-0.1, -0.05) is 23.2 Å². The minimum Gasteiger partial charge on any atom is -0.460 e. The Balaban J connectivity index is 1.48. The molecule has 0 atom stereocenters. The average molecular weight is 645 g/mol. The van der Waals surface area contributed by atoms with E-state index in [2.05, 4.69) is 54.2 Å². The number of piperazine rings is 1. The predicted molar refractivity (Wildman–Crippen MR) is 179 cm³/mol. The molecule has 0 spiro atoms. The predicted octanol–water partition coefficient (Wildman–Crippen LogP) is 4.71. The Morgan fingerprint density at radius 1 is 1.02 bits per heavy atom. The highest BCUT2D eigenvalue weighted by Crippen LogP contribution is 2.32. The SMILES string of the molecule is C=N/C(=N\C=C(/C)Oc1cc(CN2CCC(CNC(=O)NC)CC2)cc(-c2cc(Cl)cc(Cl)c2)c1)N1CCN(CCO)CC1. The number of β-amino-alcohol motifs (C(OH)–C–C–N with tert-alkyl or cyclic N) is 1. The summed E-state index contributed by atoms with van der Waals surface area (Å²) in [6.07, 6.45) is 3.71. The van der Waals surface area contributed by atoms with Gasteiger partial charge in [0, 0.05) is 62.9 Å². The summed E-state index contributed by atoms with van der Waals surface area (Å²) in [5, 5.41) is 15.9. The minimum absolute atomic E-state index is 0.137. The van der Waals surface area contributed by atoms with Gasteiger partial charge in [0.1, 0.15) is 11.5 Å². The smallest absolute Gasteiger partial charge is 0.314 e. The Kier molecular flexibility index (Phi) is 12.9. The Morgan fingerprint density at radius 3 is 2.34 bits per heavy atom. The quantitative estimate of drug-likeness (QED) is 0.197. The van der Waals surface area contributed by atoms with Gasteiger partial charge in [-0.05, 0) is 98.6 Å². The number of aliphatic imine (C=N–C) groups is 2. The molecular formula is C32H43Cl2N7O3. The van der Waals surface area contributed by atoms with Gasteiger partial charge < -0.3 is 25.4 Å². The van der Waals surface area contributed by atoms with Gasteiger partial charge in [-0.2, -0.15) is 0 Å². The Bertz CT molecular complexity index is 1320. The lowest BCUT2D eigenvalue weighted by Gasteiger charge is -2.34. The number of carbonyl (C=O) groups is 1. The van der Waals surface area contributed by atoms with E-state index in [0.717, 1.165) is 75.3 Å². The molecule has 0 aromatic heterocycles. The van der Waals surface area contributed by atoms with Gasteiger partial charge in [0.2, 0.25) is 5.96 Å². The number of rotatable bonds is 10. The van der Waals surface area contributed by atoms with Gasteiger partial charge in [-0.3, -0.25) is 9.80 Å². The zero-order valence-electron chi connectivity index (χ0n) is 25.6. The number of piperidine rings is 1. The molecule has 0 bridgehead atoms. The van der Waals surface area contributed by atoms with E-state index in [-0.39, 0.29) is 12.6 Å². The van der Waals surface area contributed by atoms with Crippen LogP contribution in [0.1, 0.15) is 25.3 Å². The maximum atomic E-state index is 11.6. The fourth-order valence-electron chi connectivity index (χ4n) is 5.53. The summed E-state index contributed by atoms with van der Waals surface area (Å²) in [6, 6.07) is 11.6. The van der Waals surface area contributed by atoms with Crippen LogP contribution < -0.4 is 15.4 Å². The van der Waals surface area contributed by atoms with Crippen LogP contribution in [0.5, 0.6) is 5.75 Å². The molecule has 4 rings (SSSR count). The molecule has 2 aromatic carbocycles. The molecule has 2 saturated heterocycles. The molecular weight excluding hydrogens is 601 g/mol. The van der Waals surface area contributed by atoms with E-state index in [0.29, 0.717) is 46.5 Å². The molecule has 2 aliphatic heterocycles. The third-order valence-corrected chi connectivity index (χ3v) is 8.34. The van der Waals surface area contributed by atoms with E-state index in [4.69, 9.17) is 27.9 Å². The zero-order chi connectivity index (χ0) is 31.5. The summed E-state index contributed by atoms with van der Waals surface area (Å²) in [5.41, 5.74) is 2.98. The fraction of sp³-hybridized carbons (Fsp3) is 0.469. The topological polar surface area (TPSA) is 105 Å². The first kappa shape index (κ1) is 33.7. The molecule has 0 saturated carbocycles. The normalized spacial score (nSPS) is 17.4. The molecule has 2 heterocycles. The van der Waals surface area contributed by atoms with Crippen molar-refractivity contribution < 1.29 is 14.6 Å². The summed E-state index contributed by atoms with van der Waals surface area (Å²) < 4.78 is 6.29. The van der Waals surface area contributed by atoms with Gasteiger partial charge in [0.25, 0.3) is 0 Å². The van der Waals surface area contributed by atoms with Crippen molar-refractivity contribution in [3.63, 3.8) is 0 Å². The molecule has 2 amide bonds. The van der Waals surface area contributed by atoms with Crippen LogP contribution in [0.3, 0.4) is 0 Å². The van der Waals surface area contributed by atoms with E-state index in [9.17, 15) is 9.90 Å². The van der Waals surface area contributed by atoms with Gasteiger partial charge in [0.15, 0.2) is 0 Å². The fourth-order valence-corrected chi connectivity index (χ4v) is 6.05. The lowest BCUT2D eigenvalue weighted by molar-refractivity contribution is 0.146. The van der Waals surface area contributed by atoms with Crippen LogP contribution in [0.25, 0.3) is 11.1 Å². The Hall–Kier alpha value is -3.15. The monoisotopic (exact) mass is 643 g/mol. The summed E-state index contributed by atoms with van der Waals surface area (Å²) in [7, 11) is 1.63. The Labute approximate surface area is 270 Å². The van der Waals surface area contributed by atoms with Crippen LogP contribution in [0.15, 0.2) is 58.3 Å². The number of carbonyl (C=O) groups excluding carboxylic acids is 1. The second-order valence-electron chi connectivity index (χ2n) is 11.2. The van der Waals surface area contributed by atoms with Crippen molar-refractivity contribution in [1.29, 1.82) is 0 Å². The summed E-state index contributed by atoms with van der Waals surface area (Å²) in [5.74, 6) is 2.32. The van der Waals surface area contributed by atoms with Crippen LogP contribution in [-0.4, -0.2) is 105 Å². The highest BCUT2D eigenvalue weighted by Gasteiger charge is 2.21. The van der Waals surface area contributed by atoms with Crippen molar-refractivity contribution >= 4 is 41.9 Å². The number of guanidine groups is 1. The van der Waals surface area contributed by atoms with Crippen molar-refractivity contribution in [2.45, 2.75) is 26.3 Å². The highest BCUT2D eigenvalue weighted by atomic mass is 35.5. The molecule has 238 valence electrons.